The van der Waals surface area contributed by atoms with Gasteiger partial charge in [-0.15, -0.1) is 0 Å². The number of allylic oxidation sites excluding steroid dienone is 1. The second-order valence-corrected chi connectivity index (χ2v) is 4.69. The molecule has 92 valence electrons. The standard InChI is InChI=1S/C11H16F3NO/c1-10(2,8-5-3-4-6-8)7-15-9(16)11(12,13)14/h5H,3-4,6-7H2,1-2H3,(H,15,16). The number of nitrogens with one attached hydrogen (secondary N) is 1. The van der Waals surface area contributed by atoms with E-state index in [-0.39, 0.29) is 6.54 Å². The fraction of sp³-hybridized carbons (Fsp3) is 0.727. The highest BCUT2D eigenvalue weighted by Crippen LogP contribution is 2.34. The van der Waals surface area contributed by atoms with Crippen LogP contribution in [0.1, 0.15) is 33.1 Å². The average molecular weight is 235 g/mol. The smallest absolute Gasteiger partial charge is 0.347 e. The van der Waals surface area contributed by atoms with Gasteiger partial charge in [0.15, 0.2) is 0 Å². The molecule has 0 aromatic rings. The predicted molar refractivity (Wildman–Crippen MR) is 54.8 cm³/mol. The molecule has 0 spiro atoms. The van der Waals surface area contributed by atoms with Crippen molar-refractivity contribution in [3.63, 3.8) is 0 Å². The van der Waals surface area contributed by atoms with Gasteiger partial charge in [0.1, 0.15) is 0 Å². The van der Waals surface area contributed by atoms with Gasteiger partial charge in [-0.25, -0.2) is 0 Å². The highest BCUT2D eigenvalue weighted by Gasteiger charge is 2.39. The van der Waals surface area contributed by atoms with Gasteiger partial charge in [-0.1, -0.05) is 25.5 Å². The van der Waals surface area contributed by atoms with Crippen molar-refractivity contribution in [2.24, 2.45) is 5.41 Å². The van der Waals surface area contributed by atoms with Crippen LogP contribution >= 0.6 is 0 Å². The number of amides is 1. The van der Waals surface area contributed by atoms with E-state index in [0.29, 0.717) is 0 Å². The Morgan fingerprint density at radius 3 is 2.50 bits per heavy atom. The van der Waals surface area contributed by atoms with E-state index in [4.69, 9.17) is 0 Å². The van der Waals surface area contributed by atoms with Crippen LogP contribution in [0.15, 0.2) is 11.6 Å². The molecular formula is C11H16F3NO. The van der Waals surface area contributed by atoms with E-state index in [1.165, 1.54) is 0 Å². The van der Waals surface area contributed by atoms with Crippen molar-refractivity contribution < 1.29 is 18.0 Å². The normalized spacial score (nSPS) is 17.2. The Labute approximate surface area is 92.9 Å². The van der Waals surface area contributed by atoms with Gasteiger partial charge < -0.3 is 5.32 Å². The number of carbonyl (C=O) groups excluding carboxylic acids is 1. The molecule has 0 bridgehead atoms. The predicted octanol–water partition coefficient (Wildman–Crippen LogP) is 2.80. The molecule has 1 N–H and O–H groups in total. The average Bonchev–Trinajstić information content (AvgIpc) is 2.65. The number of halogens is 3. The van der Waals surface area contributed by atoms with Crippen molar-refractivity contribution in [3.8, 4) is 0 Å². The lowest BCUT2D eigenvalue weighted by Crippen LogP contribution is -2.42. The topological polar surface area (TPSA) is 29.1 Å². The minimum atomic E-state index is -4.79. The maximum atomic E-state index is 12.0. The Bertz CT molecular complexity index is 305. The third-order valence-corrected chi connectivity index (χ3v) is 2.86. The molecule has 0 aromatic heterocycles. The Hall–Kier alpha value is -1.00. The lowest BCUT2D eigenvalue weighted by Gasteiger charge is -2.27. The van der Waals surface area contributed by atoms with E-state index in [1.54, 1.807) is 0 Å². The fourth-order valence-corrected chi connectivity index (χ4v) is 1.80. The van der Waals surface area contributed by atoms with Gasteiger partial charge in [-0.2, -0.15) is 13.2 Å². The number of hydrogen-bond donors (Lipinski definition) is 1. The van der Waals surface area contributed by atoms with E-state index >= 15 is 0 Å². The van der Waals surface area contributed by atoms with Gasteiger partial charge >= 0.3 is 12.1 Å². The summed E-state index contributed by atoms with van der Waals surface area (Å²) in [4.78, 5) is 10.7. The molecule has 0 saturated heterocycles. The van der Waals surface area contributed by atoms with Crippen LogP contribution < -0.4 is 5.32 Å². The molecule has 2 nitrogen and oxygen atoms in total. The summed E-state index contributed by atoms with van der Waals surface area (Å²) in [5.41, 5.74) is 0.743. The molecule has 0 heterocycles. The molecule has 0 aromatic carbocycles. The number of hydrogen-bond acceptors (Lipinski definition) is 1. The minimum Gasteiger partial charge on any atom is -0.347 e. The van der Waals surface area contributed by atoms with E-state index in [1.807, 2.05) is 19.2 Å². The highest BCUT2D eigenvalue weighted by atomic mass is 19.4. The highest BCUT2D eigenvalue weighted by molar-refractivity contribution is 5.81. The third kappa shape index (κ3) is 3.25. The van der Waals surface area contributed by atoms with Gasteiger partial charge in [0.05, 0.1) is 0 Å². The van der Waals surface area contributed by atoms with Crippen molar-refractivity contribution >= 4 is 5.91 Å². The van der Waals surface area contributed by atoms with Gasteiger partial charge in [-0.05, 0) is 19.3 Å². The second kappa shape index (κ2) is 4.47. The van der Waals surface area contributed by atoms with Crippen LogP contribution in [0.5, 0.6) is 0 Å². The van der Waals surface area contributed by atoms with Crippen LogP contribution in [0.4, 0.5) is 13.2 Å². The summed E-state index contributed by atoms with van der Waals surface area (Å²) in [6.45, 7) is 3.72. The molecule has 5 heteroatoms. The first-order valence-corrected chi connectivity index (χ1v) is 5.28. The summed E-state index contributed by atoms with van der Waals surface area (Å²) in [7, 11) is 0. The van der Waals surface area contributed by atoms with Crippen LogP contribution in [-0.2, 0) is 4.79 Å². The summed E-state index contributed by atoms with van der Waals surface area (Å²) in [5, 5.41) is 1.94. The summed E-state index contributed by atoms with van der Waals surface area (Å²) in [6, 6.07) is 0. The van der Waals surface area contributed by atoms with Crippen molar-refractivity contribution in [2.75, 3.05) is 6.54 Å². The van der Waals surface area contributed by atoms with Gasteiger partial charge in [0, 0.05) is 12.0 Å². The van der Waals surface area contributed by atoms with Crippen molar-refractivity contribution in [3.05, 3.63) is 11.6 Å². The van der Waals surface area contributed by atoms with Crippen LogP contribution in [0.25, 0.3) is 0 Å². The molecule has 0 fully saturated rings. The second-order valence-electron chi connectivity index (χ2n) is 4.69. The van der Waals surface area contributed by atoms with Crippen molar-refractivity contribution in [2.45, 2.75) is 39.3 Å². The molecule has 0 radical (unpaired) electrons. The number of carbonyl (C=O) groups is 1. The fourth-order valence-electron chi connectivity index (χ4n) is 1.80. The van der Waals surface area contributed by atoms with E-state index in [0.717, 1.165) is 24.8 Å². The lowest BCUT2D eigenvalue weighted by atomic mass is 9.83. The van der Waals surface area contributed by atoms with E-state index in [9.17, 15) is 18.0 Å². The zero-order valence-electron chi connectivity index (χ0n) is 9.45. The van der Waals surface area contributed by atoms with Crippen LogP contribution in [-0.4, -0.2) is 18.6 Å². The maximum absolute atomic E-state index is 12.0. The van der Waals surface area contributed by atoms with Crippen molar-refractivity contribution in [1.29, 1.82) is 0 Å². The van der Waals surface area contributed by atoms with Gasteiger partial charge in [-0.3, -0.25) is 4.79 Å². The summed E-state index contributed by atoms with van der Waals surface area (Å²) in [5.74, 6) is -1.86. The molecule has 0 saturated carbocycles. The van der Waals surface area contributed by atoms with Gasteiger partial charge in [0.25, 0.3) is 0 Å². The number of rotatable bonds is 3. The SMILES string of the molecule is CC(C)(CNC(=O)C(F)(F)F)C1=CCCC1. The quantitative estimate of drug-likeness (QED) is 0.749. The largest absolute Gasteiger partial charge is 0.471 e. The molecule has 16 heavy (non-hydrogen) atoms. The van der Waals surface area contributed by atoms with Crippen LogP contribution in [0.2, 0.25) is 0 Å². The zero-order chi connectivity index (χ0) is 12.4. The maximum Gasteiger partial charge on any atom is 0.471 e. The van der Waals surface area contributed by atoms with Crippen molar-refractivity contribution in [1.82, 2.24) is 5.32 Å². The molecular weight excluding hydrogens is 219 g/mol. The Kier molecular flexibility index (Phi) is 3.65. The minimum absolute atomic E-state index is 0.0250. The molecule has 0 unspecified atom stereocenters. The lowest BCUT2D eigenvalue weighted by molar-refractivity contribution is -0.173. The Balaban J connectivity index is 2.51. The Morgan fingerprint density at radius 2 is 2.06 bits per heavy atom. The van der Waals surface area contributed by atoms with Gasteiger partial charge in [0.2, 0.25) is 0 Å². The third-order valence-electron chi connectivity index (χ3n) is 2.86. The summed E-state index contributed by atoms with van der Waals surface area (Å²) >= 11 is 0. The summed E-state index contributed by atoms with van der Waals surface area (Å²) in [6.07, 6.45) is 0.201. The first-order valence-electron chi connectivity index (χ1n) is 5.28. The first-order chi connectivity index (χ1) is 7.23. The molecule has 0 aliphatic heterocycles. The summed E-state index contributed by atoms with van der Waals surface area (Å²) < 4.78 is 35.9. The molecule has 1 aliphatic rings. The molecule has 1 rings (SSSR count). The Morgan fingerprint density at radius 1 is 1.44 bits per heavy atom. The monoisotopic (exact) mass is 235 g/mol. The molecule has 1 amide bonds. The first kappa shape index (κ1) is 13.1. The molecule has 0 atom stereocenters. The van der Waals surface area contributed by atoms with E-state index in [2.05, 4.69) is 6.08 Å². The molecule has 1 aliphatic carbocycles. The van der Waals surface area contributed by atoms with Crippen LogP contribution in [0, 0.1) is 5.41 Å². The van der Waals surface area contributed by atoms with E-state index < -0.39 is 17.5 Å². The zero-order valence-corrected chi connectivity index (χ0v) is 9.45. The number of alkyl halides is 3. The van der Waals surface area contributed by atoms with Crippen LogP contribution in [0.3, 0.4) is 0 Å².